The molecule has 0 saturated carbocycles. The Balaban J connectivity index is 1.72. The van der Waals surface area contributed by atoms with Crippen LogP contribution >= 0.6 is 0 Å². The minimum absolute atomic E-state index is 0.157. The lowest BCUT2D eigenvalue weighted by atomic mass is 10.2. The van der Waals surface area contributed by atoms with E-state index in [-0.39, 0.29) is 17.1 Å². The van der Waals surface area contributed by atoms with E-state index in [4.69, 9.17) is 0 Å². The van der Waals surface area contributed by atoms with Crippen molar-refractivity contribution < 1.29 is 14.0 Å². The van der Waals surface area contributed by atoms with E-state index in [1.807, 2.05) is 0 Å². The van der Waals surface area contributed by atoms with Gasteiger partial charge in [0.1, 0.15) is 11.6 Å². The summed E-state index contributed by atoms with van der Waals surface area (Å²) in [4.78, 5) is 28.4. The monoisotopic (exact) mass is 350 g/mol. The van der Waals surface area contributed by atoms with E-state index in [1.165, 1.54) is 24.4 Å². The minimum Gasteiger partial charge on any atom is -0.337 e. The number of aromatic nitrogens is 1. The first-order chi connectivity index (χ1) is 12.6. The maximum absolute atomic E-state index is 13.8. The van der Waals surface area contributed by atoms with Crippen LogP contribution in [0.2, 0.25) is 0 Å². The molecule has 3 N–H and O–H groups in total. The molecule has 0 radical (unpaired) electrons. The van der Waals surface area contributed by atoms with Gasteiger partial charge in [-0.25, -0.2) is 9.37 Å². The number of nitrogens with one attached hydrogen (secondary N) is 3. The smallest absolute Gasteiger partial charge is 0.273 e. The number of carbonyl (C=O) groups is 2. The highest BCUT2D eigenvalue weighted by Crippen LogP contribution is 2.20. The molecule has 1 aromatic heterocycles. The van der Waals surface area contributed by atoms with E-state index >= 15 is 0 Å². The molecule has 6 nitrogen and oxygen atoms in total. The molecule has 0 bridgehead atoms. The number of hydrazine groups is 1. The molecule has 0 fully saturated rings. The van der Waals surface area contributed by atoms with E-state index in [2.05, 4.69) is 21.2 Å². The van der Waals surface area contributed by atoms with Gasteiger partial charge in [0.15, 0.2) is 0 Å². The third-order valence-corrected chi connectivity index (χ3v) is 3.50. The fourth-order valence-corrected chi connectivity index (χ4v) is 2.22. The minimum atomic E-state index is -0.582. The maximum atomic E-state index is 13.8. The summed E-state index contributed by atoms with van der Waals surface area (Å²) in [6.45, 7) is 0. The number of hydrogen-bond donors (Lipinski definition) is 3. The van der Waals surface area contributed by atoms with Crippen LogP contribution in [0.3, 0.4) is 0 Å². The first kappa shape index (κ1) is 17.1. The van der Waals surface area contributed by atoms with Crippen LogP contribution in [-0.2, 0) is 0 Å². The van der Waals surface area contributed by atoms with Gasteiger partial charge >= 0.3 is 0 Å². The fraction of sp³-hybridized carbons (Fsp3) is 0. The van der Waals surface area contributed by atoms with Crippen molar-refractivity contribution in [3.05, 3.63) is 89.9 Å². The zero-order valence-electron chi connectivity index (χ0n) is 13.6. The SMILES string of the molecule is O=C(NNC(=O)c1cccnc1Nc1ccccc1F)c1ccccc1. The van der Waals surface area contributed by atoms with Gasteiger partial charge in [0.05, 0.1) is 11.3 Å². The molecule has 0 spiro atoms. The van der Waals surface area contributed by atoms with Gasteiger partial charge < -0.3 is 5.32 Å². The van der Waals surface area contributed by atoms with Gasteiger partial charge in [-0.15, -0.1) is 0 Å². The molecule has 130 valence electrons. The van der Waals surface area contributed by atoms with E-state index in [9.17, 15) is 14.0 Å². The van der Waals surface area contributed by atoms with Crippen molar-refractivity contribution in [1.82, 2.24) is 15.8 Å². The highest BCUT2D eigenvalue weighted by Gasteiger charge is 2.14. The van der Waals surface area contributed by atoms with Crippen molar-refractivity contribution in [2.24, 2.45) is 0 Å². The lowest BCUT2D eigenvalue weighted by molar-refractivity contribution is 0.0847. The normalized spacial score (nSPS) is 10.0. The molecule has 0 aliphatic rings. The predicted molar refractivity (Wildman–Crippen MR) is 95.3 cm³/mol. The first-order valence-electron chi connectivity index (χ1n) is 7.77. The Hall–Kier alpha value is -3.74. The number of benzene rings is 2. The average Bonchev–Trinajstić information content (AvgIpc) is 2.68. The van der Waals surface area contributed by atoms with Gasteiger partial charge in [-0.3, -0.25) is 20.4 Å². The topological polar surface area (TPSA) is 83.1 Å². The third kappa shape index (κ3) is 4.02. The van der Waals surface area contributed by atoms with Gasteiger partial charge in [-0.05, 0) is 36.4 Å². The van der Waals surface area contributed by atoms with E-state index < -0.39 is 17.6 Å². The number of para-hydroxylation sites is 1. The van der Waals surface area contributed by atoms with Gasteiger partial charge in [0.25, 0.3) is 11.8 Å². The van der Waals surface area contributed by atoms with Crippen LogP contribution < -0.4 is 16.2 Å². The molecule has 3 rings (SSSR count). The molecule has 3 aromatic rings. The fourth-order valence-electron chi connectivity index (χ4n) is 2.22. The van der Waals surface area contributed by atoms with Crippen LogP contribution in [0.1, 0.15) is 20.7 Å². The summed E-state index contributed by atoms with van der Waals surface area (Å²) in [7, 11) is 0. The summed E-state index contributed by atoms with van der Waals surface area (Å²) in [6, 6.07) is 17.6. The summed E-state index contributed by atoms with van der Waals surface area (Å²) >= 11 is 0. The highest BCUT2D eigenvalue weighted by molar-refractivity contribution is 6.01. The molecule has 26 heavy (non-hydrogen) atoms. The summed E-state index contributed by atoms with van der Waals surface area (Å²) in [5, 5.41) is 2.78. The van der Waals surface area contributed by atoms with E-state index in [0.29, 0.717) is 5.56 Å². The number of halogens is 1. The number of rotatable bonds is 4. The molecule has 0 atom stereocenters. The number of nitrogens with zero attached hydrogens (tertiary/aromatic N) is 1. The third-order valence-electron chi connectivity index (χ3n) is 3.50. The Morgan fingerprint density at radius 1 is 0.808 bits per heavy atom. The second kappa shape index (κ2) is 7.89. The largest absolute Gasteiger partial charge is 0.337 e. The summed E-state index contributed by atoms with van der Waals surface area (Å²) in [5.41, 5.74) is 5.41. The highest BCUT2D eigenvalue weighted by atomic mass is 19.1. The van der Waals surface area contributed by atoms with Crippen molar-refractivity contribution in [2.45, 2.75) is 0 Å². The molecule has 0 aliphatic heterocycles. The van der Waals surface area contributed by atoms with Crippen LogP contribution in [0.25, 0.3) is 0 Å². The van der Waals surface area contributed by atoms with E-state index in [0.717, 1.165) is 0 Å². The Morgan fingerprint density at radius 3 is 2.27 bits per heavy atom. The average molecular weight is 350 g/mol. The molecule has 0 saturated heterocycles. The van der Waals surface area contributed by atoms with Crippen molar-refractivity contribution >= 4 is 23.3 Å². The van der Waals surface area contributed by atoms with Gasteiger partial charge in [-0.1, -0.05) is 30.3 Å². The van der Waals surface area contributed by atoms with Crippen LogP contribution in [0.4, 0.5) is 15.9 Å². The second-order valence-corrected chi connectivity index (χ2v) is 5.28. The molecule has 2 aromatic carbocycles. The predicted octanol–water partition coefficient (Wildman–Crippen LogP) is 3.04. The summed E-state index contributed by atoms with van der Waals surface area (Å²) in [6.07, 6.45) is 1.47. The number of anilines is 2. The molecular formula is C19H15FN4O2. The van der Waals surface area contributed by atoms with E-state index in [1.54, 1.807) is 48.5 Å². The Morgan fingerprint density at radius 2 is 1.50 bits per heavy atom. The quantitative estimate of drug-likeness (QED) is 0.632. The lowest BCUT2D eigenvalue weighted by Gasteiger charge is -2.12. The molecule has 0 unspecified atom stereocenters. The number of hydrogen-bond acceptors (Lipinski definition) is 4. The van der Waals surface area contributed by atoms with Crippen LogP contribution in [-0.4, -0.2) is 16.8 Å². The number of amides is 2. The van der Waals surface area contributed by atoms with Gasteiger partial charge in [0, 0.05) is 11.8 Å². The summed E-state index contributed by atoms with van der Waals surface area (Å²) in [5.74, 6) is -1.33. The van der Waals surface area contributed by atoms with Crippen LogP contribution in [0, 0.1) is 5.82 Å². The lowest BCUT2D eigenvalue weighted by Crippen LogP contribution is -2.41. The van der Waals surface area contributed by atoms with Crippen molar-refractivity contribution in [3.8, 4) is 0 Å². The first-order valence-corrected chi connectivity index (χ1v) is 7.77. The molecule has 2 amide bonds. The Bertz CT molecular complexity index is 932. The standard InChI is InChI=1S/C19H15FN4O2/c20-15-10-4-5-11-16(15)22-17-14(9-6-12-21-17)19(26)24-23-18(25)13-7-2-1-3-8-13/h1-12H,(H,21,22)(H,23,25)(H,24,26). The number of carbonyl (C=O) groups excluding carboxylic acids is 2. The summed E-state index contributed by atoms with van der Waals surface area (Å²) < 4.78 is 13.8. The zero-order valence-corrected chi connectivity index (χ0v) is 13.6. The Labute approximate surface area is 149 Å². The molecule has 7 heteroatoms. The van der Waals surface area contributed by atoms with Gasteiger partial charge in [0.2, 0.25) is 0 Å². The molecule has 1 heterocycles. The Kier molecular flexibility index (Phi) is 5.19. The van der Waals surface area contributed by atoms with Crippen molar-refractivity contribution in [3.63, 3.8) is 0 Å². The van der Waals surface area contributed by atoms with Crippen molar-refractivity contribution in [2.75, 3.05) is 5.32 Å². The van der Waals surface area contributed by atoms with Crippen molar-refractivity contribution in [1.29, 1.82) is 0 Å². The zero-order chi connectivity index (χ0) is 18.4. The van der Waals surface area contributed by atoms with Crippen LogP contribution in [0.5, 0.6) is 0 Å². The van der Waals surface area contributed by atoms with Crippen LogP contribution in [0.15, 0.2) is 72.9 Å². The second-order valence-electron chi connectivity index (χ2n) is 5.28. The number of pyridine rings is 1. The maximum Gasteiger partial charge on any atom is 0.273 e. The molecule has 0 aliphatic carbocycles. The molecular weight excluding hydrogens is 335 g/mol. The van der Waals surface area contributed by atoms with Gasteiger partial charge in [-0.2, -0.15) is 0 Å².